The second kappa shape index (κ2) is 8.74. The molecule has 0 spiro atoms. The number of nitrogens with zero attached hydrogens (tertiary/aromatic N) is 2. The van der Waals surface area contributed by atoms with Crippen LogP contribution in [-0.4, -0.2) is 66.5 Å². The van der Waals surface area contributed by atoms with Gasteiger partial charge in [-0.3, -0.25) is 9.59 Å². The fourth-order valence-corrected chi connectivity index (χ4v) is 4.67. The zero-order valence-corrected chi connectivity index (χ0v) is 17.9. The molecular formula is C25H26N2O5. The topological polar surface area (TPSA) is 76.2 Å². The van der Waals surface area contributed by atoms with Gasteiger partial charge < -0.3 is 19.3 Å². The summed E-state index contributed by atoms with van der Waals surface area (Å²) in [5.74, 6) is -0.401. The second-order valence-corrected chi connectivity index (χ2v) is 8.50. The highest BCUT2D eigenvalue weighted by Gasteiger charge is 2.32. The predicted molar refractivity (Wildman–Crippen MR) is 116 cm³/mol. The molecule has 5 rings (SSSR count). The van der Waals surface area contributed by atoms with Gasteiger partial charge in [0.15, 0.2) is 0 Å². The molecule has 32 heavy (non-hydrogen) atoms. The van der Waals surface area contributed by atoms with Crippen LogP contribution in [0.1, 0.15) is 50.8 Å². The number of esters is 1. The number of piperazine rings is 1. The summed E-state index contributed by atoms with van der Waals surface area (Å²) in [7, 11) is 0. The molecule has 0 unspecified atom stereocenters. The number of hydrogen-bond acceptors (Lipinski definition) is 5. The van der Waals surface area contributed by atoms with E-state index in [9.17, 15) is 14.4 Å². The van der Waals surface area contributed by atoms with Gasteiger partial charge in [0.25, 0.3) is 11.8 Å². The number of rotatable bonds is 3. The lowest BCUT2D eigenvalue weighted by Crippen LogP contribution is -2.52. The van der Waals surface area contributed by atoms with Crippen LogP contribution >= 0.6 is 0 Å². The number of hydrogen-bond donors (Lipinski definition) is 0. The first-order valence-corrected chi connectivity index (χ1v) is 11.2. The van der Waals surface area contributed by atoms with E-state index < -0.39 is 0 Å². The van der Waals surface area contributed by atoms with Gasteiger partial charge in [-0.05, 0) is 42.2 Å². The number of carbonyl (C=O) groups is 3. The van der Waals surface area contributed by atoms with Crippen LogP contribution in [0.15, 0.2) is 48.5 Å². The van der Waals surface area contributed by atoms with E-state index in [2.05, 4.69) is 0 Å². The Balaban J connectivity index is 1.26. The third kappa shape index (κ3) is 4.00. The number of amides is 2. The highest BCUT2D eigenvalue weighted by Crippen LogP contribution is 2.31. The zero-order valence-electron chi connectivity index (χ0n) is 17.9. The van der Waals surface area contributed by atoms with E-state index >= 15 is 0 Å². The van der Waals surface area contributed by atoms with Crippen molar-refractivity contribution in [1.82, 2.24) is 9.80 Å². The molecule has 7 nitrogen and oxygen atoms in total. The Hall–Kier alpha value is -3.19. The average molecular weight is 434 g/mol. The lowest BCUT2D eigenvalue weighted by molar-refractivity contribution is -0.142. The number of ether oxygens (including phenoxy) is 2. The van der Waals surface area contributed by atoms with Crippen LogP contribution in [0.5, 0.6) is 0 Å². The van der Waals surface area contributed by atoms with E-state index in [0.29, 0.717) is 50.3 Å². The quantitative estimate of drug-likeness (QED) is 0.694. The van der Waals surface area contributed by atoms with Crippen molar-refractivity contribution in [2.75, 3.05) is 32.8 Å². The molecule has 2 aromatic rings. The summed E-state index contributed by atoms with van der Waals surface area (Å²) in [6.45, 7) is 2.65. The average Bonchev–Trinajstić information content (AvgIpc) is 3.38. The first kappa shape index (κ1) is 20.7. The molecule has 7 heteroatoms. The number of benzene rings is 2. The fourth-order valence-electron chi connectivity index (χ4n) is 4.67. The molecule has 0 N–H and O–H groups in total. The van der Waals surface area contributed by atoms with Crippen molar-refractivity contribution in [3.63, 3.8) is 0 Å². The minimum absolute atomic E-state index is 0.0360. The lowest BCUT2D eigenvalue weighted by atomic mass is 9.93. The molecule has 0 bridgehead atoms. The molecular weight excluding hydrogens is 408 g/mol. The summed E-state index contributed by atoms with van der Waals surface area (Å²) in [5.41, 5.74) is 2.84. The van der Waals surface area contributed by atoms with Gasteiger partial charge in [-0.25, -0.2) is 4.79 Å². The van der Waals surface area contributed by atoms with Crippen molar-refractivity contribution in [3.8, 4) is 0 Å². The third-order valence-corrected chi connectivity index (χ3v) is 6.48. The second-order valence-electron chi connectivity index (χ2n) is 8.50. The Labute approximate surface area is 186 Å². The Morgan fingerprint density at radius 2 is 1.69 bits per heavy atom. The van der Waals surface area contributed by atoms with Gasteiger partial charge in [-0.1, -0.05) is 30.3 Å². The van der Waals surface area contributed by atoms with E-state index in [0.717, 1.165) is 24.0 Å². The summed E-state index contributed by atoms with van der Waals surface area (Å²) in [5, 5.41) is 0. The molecule has 0 aliphatic carbocycles. The maximum Gasteiger partial charge on any atom is 0.339 e. The smallest absolute Gasteiger partial charge is 0.339 e. The Kier molecular flexibility index (Phi) is 5.66. The summed E-state index contributed by atoms with van der Waals surface area (Å²) in [4.78, 5) is 41.7. The van der Waals surface area contributed by atoms with Crippen molar-refractivity contribution < 1.29 is 23.9 Å². The van der Waals surface area contributed by atoms with E-state index in [-0.39, 0.29) is 30.0 Å². The van der Waals surface area contributed by atoms with Gasteiger partial charge in [0, 0.05) is 44.8 Å². The van der Waals surface area contributed by atoms with Crippen molar-refractivity contribution >= 4 is 17.8 Å². The fraction of sp³-hybridized carbons (Fsp3) is 0.400. The minimum atomic E-state index is -0.361. The SMILES string of the molecule is O=C1O[C@@H](c2ccccc2)Cc2cc(C(=O)N3CCN(C(=O)[C@@H]4CCCO4)CC3)ccc21. The minimum Gasteiger partial charge on any atom is -0.454 e. The van der Waals surface area contributed by atoms with Crippen LogP contribution in [0, 0.1) is 0 Å². The lowest BCUT2D eigenvalue weighted by Gasteiger charge is -2.36. The first-order valence-electron chi connectivity index (χ1n) is 11.2. The number of carbonyl (C=O) groups excluding carboxylic acids is 3. The number of cyclic esters (lactones) is 1. The van der Waals surface area contributed by atoms with E-state index in [1.54, 1.807) is 21.9 Å². The zero-order chi connectivity index (χ0) is 22.1. The molecule has 0 saturated carbocycles. The molecule has 2 aromatic carbocycles. The van der Waals surface area contributed by atoms with Gasteiger partial charge in [0.1, 0.15) is 12.2 Å². The Bertz CT molecular complexity index is 1020. The van der Waals surface area contributed by atoms with Gasteiger partial charge >= 0.3 is 5.97 Å². The van der Waals surface area contributed by atoms with Crippen LogP contribution in [-0.2, 0) is 20.7 Å². The van der Waals surface area contributed by atoms with Crippen LogP contribution in [0.4, 0.5) is 0 Å². The molecule has 3 heterocycles. The third-order valence-electron chi connectivity index (χ3n) is 6.48. The molecule has 0 aromatic heterocycles. The normalized spacial score (nSPS) is 22.9. The van der Waals surface area contributed by atoms with Crippen LogP contribution in [0.25, 0.3) is 0 Å². The standard InChI is InChI=1S/C25H26N2O5/c28-23(26-10-12-27(13-11-26)24(29)21-7-4-14-31-21)18-8-9-20-19(15-18)16-22(32-25(20)30)17-5-2-1-3-6-17/h1-3,5-6,8-9,15,21-22H,4,7,10-14,16H2/t21-,22+/m0/s1. The molecule has 2 saturated heterocycles. The van der Waals surface area contributed by atoms with Crippen LogP contribution < -0.4 is 0 Å². The van der Waals surface area contributed by atoms with E-state index in [1.807, 2.05) is 36.4 Å². The maximum absolute atomic E-state index is 13.1. The van der Waals surface area contributed by atoms with Crippen LogP contribution in [0.3, 0.4) is 0 Å². The molecule has 0 radical (unpaired) electrons. The first-order chi connectivity index (χ1) is 15.6. The summed E-state index contributed by atoms with van der Waals surface area (Å²) < 4.78 is 11.1. The van der Waals surface area contributed by atoms with Crippen molar-refractivity contribution in [3.05, 3.63) is 70.8 Å². The largest absolute Gasteiger partial charge is 0.454 e. The molecule has 2 fully saturated rings. The molecule has 2 amide bonds. The van der Waals surface area contributed by atoms with Gasteiger partial charge in [0.2, 0.25) is 0 Å². The maximum atomic E-state index is 13.1. The van der Waals surface area contributed by atoms with Gasteiger partial charge in [-0.2, -0.15) is 0 Å². The predicted octanol–water partition coefficient (Wildman–Crippen LogP) is 2.60. The highest BCUT2D eigenvalue weighted by atomic mass is 16.5. The van der Waals surface area contributed by atoms with E-state index in [4.69, 9.17) is 9.47 Å². The van der Waals surface area contributed by atoms with Crippen molar-refractivity contribution in [2.24, 2.45) is 0 Å². The monoisotopic (exact) mass is 434 g/mol. The Morgan fingerprint density at radius 3 is 2.41 bits per heavy atom. The van der Waals surface area contributed by atoms with Gasteiger partial charge in [-0.15, -0.1) is 0 Å². The molecule has 166 valence electrons. The summed E-state index contributed by atoms with van der Waals surface area (Å²) in [6, 6.07) is 14.8. The number of fused-ring (bicyclic) bond motifs is 1. The summed E-state index contributed by atoms with van der Waals surface area (Å²) in [6.07, 6.45) is 1.56. The van der Waals surface area contributed by atoms with E-state index in [1.165, 1.54) is 0 Å². The molecule has 2 atom stereocenters. The van der Waals surface area contributed by atoms with Crippen molar-refractivity contribution in [2.45, 2.75) is 31.5 Å². The molecule has 3 aliphatic rings. The van der Waals surface area contributed by atoms with Crippen molar-refractivity contribution in [1.29, 1.82) is 0 Å². The molecule has 3 aliphatic heterocycles. The highest BCUT2D eigenvalue weighted by molar-refractivity contribution is 5.98. The van der Waals surface area contributed by atoms with Crippen LogP contribution in [0.2, 0.25) is 0 Å². The van der Waals surface area contributed by atoms with Gasteiger partial charge in [0.05, 0.1) is 5.56 Å². The Morgan fingerprint density at radius 1 is 0.938 bits per heavy atom. The summed E-state index contributed by atoms with van der Waals surface area (Å²) >= 11 is 0.